The van der Waals surface area contributed by atoms with Crippen molar-refractivity contribution in [1.29, 1.82) is 0 Å². The van der Waals surface area contributed by atoms with Crippen LogP contribution in [0.1, 0.15) is 19.7 Å². The van der Waals surface area contributed by atoms with Crippen LogP contribution in [0.5, 0.6) is 0 Å². The van der Waals surface area contributed by atoms with Crippen LogP contribution in [-0.4, -0.2) is 30.4 Å². The van der Waals surface area contributed by atoms with Crippen molar-refractivity contribution in [2.24, 2.45) is 0 Å². The fraction of sp³-hybridized carbons (Fsp3) is 0.333. The zero-order chi connectivity index (χ0) is 11.1. The number of aromatic nitrogens is 6. The number of rotatable bonds is 1. The summed E-state index contributed by atoms with van der Waals surface area (Å²) in [4.78, 5) is 7.93. The molecular formula is C9H12N6. The predicted molar refractivity (Wildman–Crippen MR) is 54.7 cm³/mol. The highest BCUT2D eigenvalue weighted by molar-refractivity contribution is 5.39. The van der Waals surface area contributed by atoms with Crippen molar-refractivity contribution in [3.05, 3.63) is 24.3 Å². The van der Waals surface area contributed by atoms with E-state index in [2.05, 4.69) is 30.4 Å². The van der Waals surface area contributed by atoms with Gasteiger partial charge in [-0.2, -0.15) is 0 Å². The topological polar surface area (TPSA) is 77.3 Å². The molecule has 0 saturated carbocycles. The van der Waals surface area contributed by atoms with Crippen LogP contribution in [-0.2, 0) is 0 Å². The van der Waals surface area contributed by atoms with Gasteiger partial charge in [-0.05, 0) is 13.0 Å². The van der Waals surface area contributed by atoms with Crippen LogP contribution < -0.4 is 0 Å². The van der Waals surface area contributed by atoms with Crippen molar-refractivity contribution in [3.63, 3.8) is 0 Å². The van der Waals surface area contributed by atoms with Crippen molar-refractivity contribution < 1.29 is 0 Å². The molecule has 0 fully saturated rings. The molecule has 2 aromatic heterocycles. The summed E-state index contributed by atoms with van der Waals surface area (Å²) in [6.45, 7) is 5.72. The van der Waals surface area contributed by atoms with Gasteiger partial charge in [-0.1, -0.05) is 13.8 Å². The first kappa shape index (κ1) is 11.1. The molecular weight excluding hydrogens is 192 g/mol. The second-order valence-corrected chi connectivity index (χ2v) is 2.34. The van der Waals surface area contributed by atoms with E-state index in [9.17, 15) is 0 Å². The lowest BCUT2D eigenvalue weighted by Crippen LogP contribution is -2.00. The van der Waals surface area contributed by atoms with Crippen LogP contribution in [0.2, 0.25) is 0 Å². The molecule has 6 heteroatoms. The van der Waals surface area contributed by atoms with Gasteiger partial charge in [0.25, 0.3) is 0 Å². The molecule has 0 unspecified atom stereocenters. The Labute approximate surface area is 87.8 Å². The van der Waals surface area contributed by atoms with Gasteiger partial charge >= 0.3 is 0 Å². The Hall–Kier alpha value is -1.98. The monoisotopic (exact) mass is 204 g/mol. The van der Waals surface area contributed by atoms with E-state index in [0.717, 1.165) is 0 Å². The van der Waals surface area contributed by atoms with Crippen LogP contribution in [0.15, 0.2) is 18.5 Å². The van der Waals surface area contributed by atoms with Gasteiger partial charge in [-0.15, -0.1) is 20.4 Å². The largest absolute Gasteiger partial charge is 0.240 e. The molecule has 78 valence electrons. The van der Waals surface area contributed by atoms with E-state index in [0.29, 0.717) is 17.5 Å². The molecule has 0 spiro atoms. The molecule has 0 aliphatic carbocycles. The van der Waals surface area contributed by atoms with Crippen LogP contribution in [0.4, 0.5) is 0 Å². The highest BCUT2D eigenvalue weighted by Gasteiger charge is 2.03. The summed E-state index contributed by atoms with van der Waals surface area (Å²) in [6.07, 6.45) is 3.23. The molecule has 0 radical (unpaired) electrons. The molecule has 2 rings (SSSR count). The predicted octanol–water partition coefficient (Wildman–Crippen LogP) is 1.06. The maximum Gasteiger partial charge on any atom is 0.240 e. The van der Waals surface area contributed by atoms with E-state index >= 15 is 0 Å². The Kier molecular flexibility index (Phi) is 4.21. The molecule has 2 heterocycles. The van der Waals surface area contributed by atoms with Crippen molar-refractivity contribution in [2.75, 3.05) is 0 Å². The molecule has 0 bridgehead atoms. The average Bonchev–Trinajstić information content (AvgIpc) is 2.34. The normalized spacial score (nSPS) is 9.00. The van der Waals surface area contributed by atoms with Crippen molar-refractivity contribution in [1.82, 2.24) is 30.4 Å². The summed E-state index contributed by atoms with van der Waals surface area (Å²) >= 11 is 0. The number of hydrogen-bond donors (Lipinski definition) is 0. The average molecular weight is 204 g/mol. The number of nitrogens with zero attached hydrogens (tertiary/aromatic N) is 6. The first-order valence-corrected chi connectivity index (χ1v) is 4.67. The highest BCUT2D eigenvalue weighted by Crippen LogP contribution is 2.02. The number of hydrogen-bond acceptors (Lipinski definition) is 6. The van der Waals surface area contributed by atoms with Crippen LogP contribution >= 0.6 is 0 Å². The fourth-order valence-electron chi connectivity index (χ4n) is 0.783. The van der Waals surface area contributed by atoms with Gasteiger partial charge in [0.1, 0.15) is 0 Å². The minimum atomic E-state index is 0.339. The third-order valence-electron chi connectivity index (χ3n) is 1.34. The smallest absolute Gasteiger partial charge is 0.234 e. The summed E-state index contributed by atoms with van der Waals surface area (Å²) < 4.78 is 0. The van der Waals surface area contributed by atoms with E-state index in [1.807, 2.05) is 13.8 Å². The second-order valence-electron chi connectivity index (χ2n) is 2.34. The van der Waals surface area contributed by atoms with Gasteiger partial charge in [0.15, 0.2) is 5.82 Å². The second kappa shape index (κ2) is 5.69. The minimum Gasteiger partial charge on any atom is -0.234 e. The molecule has 0 amide bonds. The molecule has 0 saturated heterocycles. The van der Waals surface area contributed by atoms with Crippen LogP contribution in [0.3, 0.4) is 0 Å². The van der Waals surface area contributed by atoms with Crippen molar-refractivity contribution in [3.8, 4) is 11.6 Å². The van der Waals surface area contributed by atoms with Gasteiger partial charge < -0.3 is 0 Å². The summed E-state index contributed by atoms with van der Waals surface area (Å²) in [5, 5.41) is 15.1. The van der Waals surface area contributed by atoms with Gasteiger partial charge in [-0.3, -0.25) is 0 Å². The summed E-state index contributed by atoms with van der Waals surface area (Å²) in [6, 6.07) is 1.72. The standard InChI is InChI=1S/C7H6N6.C2H6/c1-5-10-12-7(13-11-5)6-8-3-2-4-9-6;1-2/h2-4H,1H3;1-2H3. The molecule has 0 atom stereocenters. The molecule has 0 aliphatic rings. The lowest BCUT2D eigenvalue weighted by atomic mass is 10.5. The Bertz CT molecular complexity index is 385. The quantitative estimate of drug-likeness (QED) is 0.691. The minimum absolute atomic E-state index is 0.339. The Morgan fingerprint density at radius 2 is 1.33 bits per heavy atom. The third kappa shape index (κ3) is 3.01. The van der Waals surface area contributed by atoms with Crippen LogP contribution in [0.25, 0.3) is 11.6 Å². The maximum atomic E-state index is 3.96. The summed E-state index contributed by atoms with van der Waals surface area (Å²) in [5.41, 5.74) is 0. The lowest BCUT2D eigenvalue weighted by Gasteiger charge is -1.94. The molecule has 15 heavy (non-hydrogen) atoms. The first-order valence-electron chi connectivity index (χ1n) is 4.67. The summed E-state index contributed by atoms with van der Waals surface area (Å²) in [5.74, 6) is 1.30. The van der Waals surface area contributed by atoms with Gasteiger partial charge in [0.05, 0.1) is 0 Å². The van der Waals surface area contributed by atoms with Crippen molar-refractivity contribution in [2.45, 2.75) is 20.8 Å². The third-order valence-corrected chi connectivity index (χ3v) is 1.34. The van der Waals surface area contributed by atoms with Gasteiger partial charge in [-0.25, -0.2) is 9.97 Å². The highest BCUT2D eigenvalue weighted by atomic mass is 15.3. The fourth-order valence-corrected chi connectivity index (χ4v) is 0.783. The molecule has 2 aromatic rings. The van der Waals surface area contributed by atoms with Crippen molar-refractivity contribution >= 4 is 0 Å². The van der Waals surface area contributed by atoms with E-state index in [4.69, 9.17) is 0 Å². The Morgan fingerprint density at radius 1 is 0.800 bits per heavy atom. The van der Waals surface area contributed by atoms with Gasteiger partial charge in [0, 0.05) is 12.4 Å². The Balaban J connectivity index is 0.000000531. The molecule has 0 aromatic carbocycles. The van der Waals surface area contributed by atoms with Crippen LogP contribution in [0, 0.1) is 6.92 Å². The lowest BCUT2D eigenvalue weighted by molar-refractivity contribution is 0.807. The van der Waals surface area contributed by atoms with E-state index in [-0.39, 0.29) is 0 Å². The van der Waals surface area contributed by atoms with Gasteiger partial charge in [0.2, 0.25) is 11.6 Å². The molecule has 0 N–H and O–H groups in total. The SMILES string of the molecule is CC.Cc1nnc(-c2ncccn2)nn1. The maximum absolute atomic E-state index is 3.96. The summed E-state index contributed by atoms with van der Waals surface area (Å²) in [7, 11) is 0. The zero-order valence-corrected chi connectivity index (χ0v) is 8.92. The van der Waals surface area contributed by atoms with E-state index in [1.54, 1.807) is 25.4 Å². The molecule has 6 nitrogen and oxygen atoms in total. The van der Waals surface area contributed by atoms with E-state index in [1.165, 1.54) is 0 Å². The molecule has 0 aliphatic heterocycles. The first-order chi connectivity index (χ1) is 7.36. The van der Waals surface area contributed by atoms with E-state index < -0.39 is 0 Å². The zero-order valence-electron chi connectivity index (χ0n) is 8.92. The Morgan fingerprint density at radius 3 is 1.87 bits per heavy atom. The number of aryl methyl sites for hydroxylation is 1.